The van der Waals surface area contributed by atoms with E-state index in [1.807, 2.05) is 19.0 Å². The van der Waals surface area contributed by atoms with Gasteiger partial charge in [0.1, 0.15) is 15.8 Å². The Hall–Kier alpha value is -3.61. The third-order valence-corrected chi connectivity index (χ3v) is 5.96. The third kappa shape index (κ3) is 5.47. The predicted octanol–water partition coefficient (Wildman–Crippen LogP) is 1.99. The molecular weight excluding hydrogens is 460 g/mol. The number of nitrogen functional groups attached to an aromatic ring is 1. The van der Waals surface area contributed by atoms with Crippen LogP contribution in [0.3, 0.4) is 0 Å². The summed E-state index contributed by atoms with van der Waals surface area (Å²) >= 11 is 0. The number of pyridine rings is 2. The number of hydrogen-bond donors (Lipinski definition) is 2. The molecule has 0 unspecified atom stereocenters. The van der Waals surface area contributed by atoms with E-state index in [0.717, 1.165) is 6.07 Å². The Morgan fingerprint density at radius 1 is 1.18 bits per heavy atom. The van der Waals surface area contributed by atoms with Crippen LogP contribution >= 0.6 is 0 Å². The highest BCUT2D eigenvalue weighted by Gasteiger charge is 2.25. The lowest BCUT2D eigenvalue weighted by molar-refractivity contribution is -0.597. The summed E-state index contributed by atoms with van der Waals surface area (Å²) in [4.78, 5) is 14.6. The van der Waals surface area contributed by atoms with E-state index < -0.39 is 26.5 Å². The Kier molecular flexibility index (Phi) is 7.44. The predicted molar refractivity (Wildman–Crippen MR) is 125 cm³/mol. The van der Waals surface area contributed by atoms with Crippen LogP contribution in [0.2, 0.25) is 0 Å². The van der Waals surface area contributed by atoms with E-state index in [0.29, 0.717) is 18.5 Å². The lowest BCUT2D eigenvalue weighted by Crippen LogP contribution is -2.40. The molecule has 0 spiro atoms. The van der Waals surface area contributed by atoms with E-state index >= 15 is 0 Å². The van der Waals surface area contributed by atoms with Crippen LogP contribution in [0, 0.1) is 6.92 Å². The van der Waals surface area contributed by atoms with Crippen molar-refractivity contribution in [2.24, 2.45) is 10.2 Å². The van der Waals surface area contributed by atoms with E-state index in [-0.39, 0.29) is 29.3 Å². The molecule has 3 rings (SSSR count). The summed E-state index contributed by atoms with van der Waals surface area (Å²) < 4.78 is 37.8. The fourth-order valence-electron chi connectivity index (χ4n) is 3.43. The Morgan fingerprint density at radius 3 is 2.47 bits per heavy atom. The minimum absolute atomic E-state index is 0.0260. The second kappa shape index (κ2) is 10.1. The van der Waals surface area contributed by atoms with Crippen molar-refractivity contribution in [2.45, 2.75) is 24.8 Å². The molecule has 34 heavy (non-hydrogen) atoms. The second-order valence-corrected chi connectivity index (χ2v) is 9.27. The van der Waals surface area contributed by atoms with Crippen molar-refractivity contribution < 1.29 is 22.6 Å². The standard InChI is InChI=1S/C22H26N6O5S/c1-15-19(25-24-17-9-8-16(23)14-18(17)34(31,32)33)21(29)28(13-7-10-26(2)3)22(30)20(15)27-11-5-4-6-12-27/h4-6,8-9,11-12,14H,7,10,13H2,1-3H3,(H3-,23,24,25,29,30,31,32,33). The van der Waals surface area contributed by atoms with Gasteiger partial charge in [0, 0.05) is 24.4 Å². The number of aromatic hydroxyl groups is 1. The van der Waals surface area contributed by atoms with Crippen molar-refractivity contribution in [3.63, 3.8) is 0 Å². The zero-order valence-electron chi connectivity index (χ0n) is 19.0. The zero-order chi connectivity index (χ0) is 25.0. The number of hydrogen-bond acceptors (Lipinski definition) is 9. The van der Waals surface area contributed by atoms with Crippen molar-refractivity contribution in [3.8, 4) is 11.6 Å². The molecule has 0 aliphatic carbocycles. The van der Waals surface area contributed by atoms with Crippen molar-refractivity contribution in [1.29, 1.82) is 0 Å². The van der Waals surface area contributed by atoms with E-state index in [2.05, 4.69) is 10.2 Å². The summed E-state index contributed by atoms with van der Waals surface area (Å²) in [5, 5.41) is 18.9. The number of aromatic nitrogens is 2. The fraction of sp³-hybridized carbons (Fsp3) is 0.273. The van der Waals surface area contributed by atoms with Gasteiger partial charge >= 0.3 is 5.56 Å². The first-order valence-corrected chi connectivity index (χ1v) is 11.8. The Balaban J connectivity index is 2.20. The smallest absolute Gasteiger partial charge is 0.326 e. The maximum Gasteiger partial charge on any atom is 0.326 e. The molecule has 0 saturated heterocycles. The van der Waals surface area contributed by atoms with Gasteiger partial charge in [0.25, 0.3) is 5.69 Å². The monoisotopic (exact) mass is 486 g/mol. The van der Waals surface area contributed by atoms with Crippen LogP contribution in [0.4, 0.5) is 17.1 Å². The number of rotatable bonds is 8. The molecule has 180 valence electrons. The lowest BCUT2D eigenvalue weighted by Gasteiger charge is -2.15. The number of nitrogens with two attached hydrogens (primary N) is 1. The molecule has 0 fully saturated rings. The number of anilines is 1. The minimum atomic E-state index is -4.88. The summed E-state index contributed by atoms with van der Waals surface area (Å²) in [7, 11) is -1.08. The van der Waals surface area contributed by atoms with Crippen LogP contribution in [0.1, 0.15) is 12.0 Å². The largest absolute Gasteiger partial charge is 0.744 e. The van der Waals surface area contributed by atoms with E-state index in [9.17, 15) is 22.9 Å². The molecule has 0 radical (unpaired) electrons. The maximum absolute atomic E-state index is 13.3. The van der Waals surface area contributed by atoms with Gasteiger partial charge in [0.2, 0.25) is 5.88 Å². The van der Waals surface area contributed by atoms with E-state index in [1.165, 1.54) is 16.7 Å². The average molecular weight is 487 g/mol. The van der Waals surface area contributed by atoms with Gasteiger partial charge in [-0.05, 0) is 52.2 Å². The van der Waals surface area contributed by atoms with Gasteiger partial charge in [-0.1, -0.05) is 6.07 Å². The van der Waals surface area contributed by atoms with Gasteiger partial charge in [-0.2, -0.15) is 4.57 Å². The molecular formula is C22H26N6O5S. The summed E-state index contributed by atoms with van der Waals surface area (Å²) in [6.45, 7) is 2.50. The molecule has 3 aromatic rings. The van der Waals surface area contributed by atoms with Crippen molar-refractivity contribution >= 4 is 27.2 Å². The highest BCUT2D eigenvalue weighted by molar-refractivity contribution is 7.86. The molecule has 2 heterocycles. The first kappa shape index (κ1) is 25.0. The molecule has 0 bridgehead atoms. The Labute approximate surface area is 197 Å². The lowest BCUT2D eigenvalue weighted by atomic mass is 10.2. The fourth-order valence-corrected chi connectivity index (χ4v) is 4.08. The summed E-state index contributed by atoms with van der Waals surface area (Å²) in [5.74, 6) is -0.410. The quantitative estimate of drug-likeness (QED) is 0.213. The van der Waals surface area contributed by atoms with Gasteiger partial charge in [0.15, 0.2) is 18.1 Å². The van der Waals surface area contributed by atoms with Crippen LogP contribution in [0.5, 0.6) is 5.88 Å². The first-order valence-electron chi connectivity index (χ1n) is 10.4. The molecule has 0 aliphatic rings. The molecule has 1 aromatic carbocycles. The summed E-state index contributed by atoms with van der Waals surface area (Å²) in [6, 6.07) is 8.93. The Morgan fingerprint density at radius 2 is 1.85 bits per heavy atom. The van der Waals surface area contributed by atoms with Gasteiger partial charge in [-0.15, -0.1) is 10.2 Å². The second-order valence-electron chi connectivity index (χ2n) is 7.92. The third-order valence-electron chi connectivity index (χ3n) is 5.10. The van der Waals surface area contributed by atoms with Crippen LogP contribution in [0.25, 0.3) is 5.69 Å². The van der Waals surface area contributed by atoms with Gasteiger partial charge in [-0.25, -0.2) is 8.42 Å². The van der Waals surface area contributed by atoms with Crippen molar-refractivity contribution in [2.75, 3.05) is 26.4 Å². The van der Waals surface area contributed by atoms with Gasteiger partial charge in [-0.3, -0.25) is 9.36 Å². The molecule has 12 heteroatoms. The SMILES string of the molecule is Cc1c(N=Nc2ccc(N)cc2S(=O)(=O)[O-])c(O)n(CCCN(C)C)c(=O)c1-[n+]1ccccc1. The number of benzene rings is 1. The first-order chi connectivity index (χ1) is 16.0. The zero-order valence-corrected chi connectivity index (χ0v) is 19.9. The summed E-state index contributed by atoms with van der Waals surface area (Å²) in [6.07, 6.45) is 3.96. The van der Waals surface area contributed by atoms with E-state index in [4.69, 9.17) is 5.73 Å². The average Bonchev–Trinajstić information content (AvgIpc) is 2.76. The van der Waals surface area contributed by atoms with E-state index in [1.54, 1.807) is 42.1 Å². The van der Waals surface area contributed by atoms with Gasteiger partial charge in [0.05, 0.1) is 10.5 Å². The molecule has 0 amide bonds. The van der Waals surface area contributed by atoms with Crippen molar-refractivity contribution in [3.05, 3.63) is 64.7 Å². The topological polar surface area (TPSA) is 157 Å². The maximum atomic E-state index is 13.3. The van der Waals surface area contributed by atoms with Crippen LogP contribution < -0.4 is 15.9 Å². The molecule has 11 nitrogen and oxygen atoms in total. The van der Waals surface area contributed by atoms with Crippen molar-refractivity contribution in [1.82, 2.24) is 9.47 Å². The van der Waals surface area contributed by atoms with Crippen LogP contribution in [0.15, 0.2) is 68.7 Å². The minimum Gasteiger partial charge on any atom is -0.744 e. The normalized spacial score (nSPS) is 12.0. The molecule has 0 saturated carbocycles. The van der Waals surface area contributed by atoms with Crippen LogP contribution in [-0.2, 0) is 16.7 Å². The molecule has 2 aromatic heterocycles. The molecule has 0 aliphatic heterocycles. The molecule has 3 N–H and O–H groups in total. The number of nitrogens with zero attached hydrogens (tertiary/aromatic N) is 5. The molecule has 0 atom stereocenters. The van der Waals surface area contributed by atoms with Gasteiger partial charge < -0.3 is 20.3 Å². The Bertz CT molecular complexity index is 1390. The van der Waals surface area contributed by atoms with Crippen LogP contribution in [-0.4, -0.2) is 48.2 Å². The number of azo groups is 1. The highest BCUT2D eigenvalue weighted by Crippen LogP contribution is 2.34. The highest BCUT2D eigenvalue weighted by atomic mass is 32.2. The summed E-state index contributed by atoms with van der Waals surface area (Å²) in [5.41, 5.74) is 5.59.